The van der Waals surface area contributed by atoms with E-state index in [0.717, 1.165) is 26.1 Å². The summed E-state index contributed by atoms with van der Waals surface area (Å²) in [7, 11) is 0. The van der Waals surface area contributed by atoms with E-state index in [1.165, 1.54) is 0 Å². The van der Waals surface area contributed by atoms with Gasteiger partial charge in [0.1, 0.15) is 0 Å². The van der Waals surface area contributed by atoms with Gasteiger partial charge in [0, 0.05) is 25.2 Å². The molecule has 1 rings (SSSR count). The van der Waals surface area contributed by atoms with E-state index >= 15 is 0 Å². The van der Waals surface area contributed by atoms with E-state index in [1.54, 1.807) is 0 Å². The van der Waals surface area contributed by atoms with Gasteiger partial charge in [-0.25, -0.2) is 0 Å². The van der Waals surface area contributed by atoms with Crippen LogP contribution in [0.4, 0.5) is 0 Å². The second-order valence-electron chi connectivity index (χ2n) is 5.39. The largest absolute Gasteiger partial charge is 0.353 e. The molecule has 2 atom stereocenters. The number of rotatable bonds is 5. The summed E-state index contributed by atoms with van der Waals surface area (Å²) in [6, 6.07) is 0.851. The highest BCUT2D eigenvalue weighted by atomic mass is 16.2. The number of likely N-dealkylation sites (tertiary alicyclic amines) is 1. The summed E-state index contributed by atoms with van der Waals surface area (Å²) >= 11 is 0. The van der Waals surface area contributed by atoms with E-state index in [-0.39, 0.29) is 11.9 Å². The van der Waals surface area contributed by atoms with Gasteiger partial charge in [-0.1, -0.05) is 13.8 Å². The van der Waals surface area contributed by atoms with Gasteiger partial charge in [-0.3, -0.25) is 9.69 Å². The standard InChI is InChI=1S/C13H27N3O/c1-5-14-12-6-7-16(8-11(12)4)9-13(17)15-10(2)3/h10-12,14H,5-9H2,1-4H3,(H,15,17). The van der Waals surface area contributed by atoms with Crippen molar-refractivity contribution < 1.29 is 4.79 Å². The Morgan fingerprint density at radius 1 is 1.47 bits per heavy atom. The summed E-state index contributed by atoms with van der Waals surface area (Å²) in [5.74, 6) is 0.768. The molecule has 17 heavy (non-hydrogen) atoms. The van der Waals surface area contributed by atoms with E-state index in [4.69, 9.17) is 0 Å². The van der Waals surface area contributed by atoms with E-state index in [0.29, 0.717) is 18.5 Å². The molecule has 0 bridgehead atoms. The third-order valence-corrected chi connectivity index (χ3v) is 3.27. The molecule has 0 aromatic heterocycles. The van der Waals surface area contributed by atoms with Gasteiger partial charge in [0.15, 0.2) is 0 Å². The van der Waals surface area contributed by atoms with Crippen LogP contribution in [0.2, 0.25) is 0 Å². The van der Waals surface area contributed by atoms with Crippen LogP contribution in [0.1, 0.15) is 34.1 Å². The molecule has 1 saturated heterocycles. The van der Waals surface area contributed by atoms with Crippen molar-refractivity contribution >= 4 is 5.91 Å². The fraction of sp³-hybridized carbons (Fsp3) is 0.923. The van der Waals surface area contributed by atoms with Gasteiger partial charge >= 0.3 is 0 Å². The summed E-state index contributed by atoms with van der Waals surface area (Å²) in [6.07, 6.45) is 1.14. The van der Waals surface area contributed by atoms with Gasteiger partial charge in [0.05, 0.1) is 6.54 Å². The number of hydrogen-bond donors (Lipinski definition) is 2. The summed E-state index contributed by atoms with van der Waals surface area (Å²) in [5.41, 5.74) is 0. The third kappa shape index (κ3) is 5.04. The molecule has 4 nitrogen and oxygen atoms in total. The highest BCUT2D eigenvalue weighted by Gasteiger charge is 2.26. The Kier molecular flexibility index (Phi) is 5.92. The highest BCUT2D eigenvalue weighted by molar-refractivity contribution is 5.78. The minimum Gasteiger partial charge on any atom is -0.353 e. The van der Waals surface area contributed by atoms with Crippen LogP contribution < -0.4 is 10.6 Å². The number of nitrogens with one attached hydrogen (secondary N) is 2. The molecule has 1 heterocycles. The smallest absolute Gasteiger partial charge is 0.234 e. The molecular formula is C13H27N3O. The fourth-order valence-electron chi connectivity index (χ4n) is 2.51. The zero-order valence-electron chi connectivity index (χ0n) is 11.6. The average Bonchev–Trinajstić information content (AvgIpc) is 2.21. The maximum absolute atomic E-state index is 11.7. The van der Waals surface area contributed by atoms with Gasteiger partial charge < -0.3 is 10.6 Å². The maximum atomic E-state index is 11.7. The second-order valence-corrected chi connectivity index (χ2v) is 5.39. The topological polar surface area (TPSA) is 44.4 Å². The first-order valence-electron chi connectivity index (χ1n) is 6.78. The normalized spacial score (nSPS) is 26.2. The van der Waals surface area contributed by atoms with E-state index < -0.39 is 0 Å². The van der Waals surface area contributed by atoms with Crippen molar-refractivity contribution in [2.75, 3.05) is 26.2 Å². The SMILES string of the molecule is CCNC1CCN(CC(=O)NC(C)C)CC1C. The van der Waals surface area contributed by atoms with Crippen LogP contribution in [0.3, 0.4) is 0 Å². The molecule has 4 heteroatoms. The molecular weight excluding hydrogens is 214 g/mol. The van der Waals surface area contributed by atoms with Crippen LogP contribution in [0.25, 0.3) is 0 Å². The number of carbonyl (C=O) groups is 1. The van der Waals surface area contributed by atoms with Crippen molar-refractivity contribution in [3.05, 3.63) is 0 Å². The Balaban J connectivity index is 2.31. The molecule has 2 N–H and O–H groups in total. The van der Waals surface area contributed by atoms with Crippen molar-refractivity contribution in [3.8, 4) is 0 Å². The number of nitrogens with zero attached hydrogens (tertiary/aromatic N) is 1. The fourth-order valence-corrected chi connectivity index (χ4v) is 2.51. The first-order valence-corrected chi connectivity index (χ1v) is 6.78. The summed E-state index contributed by atoms with van der Waals surface area (Å²) in [6.45, 7) is 12.0. The number of piperidine rings is 1. The van der Waals surface area contributed by atoms with Gasteiger partial charge in [0.2, 0.25) is 5.91 Å². The molecule has 1 fully saturated rings. The Morgan fingerprint density at radius 2 is 2.18 bits per heavy atom. The first-order chi connectivity index (χ1) is 8.02. The zero-order chi connectivity index (χ0) is 12.8. The average molecular weight is 241 g/mol. The van der Waals surface area contributed by atoms with Crippen LogP contribution >= 0.6 is 0 Å². The molecule has 1 amide bonds. The van der Waals surface area contributed by atoms with Crippen LogP contribution in [-0.4, -0.2) is 49.1 Å². The molecule has 100 valence electrons. The van der Waals surface area contributed by atoms with Crippen molar-refractivity contribution in [2.45, 2.75) is 46.2 Å². The Hall–Kier alpha value is -0.610. The van der Waals surface area contributed by atoms with Gasteiger partial charge in [-0.2, -0.15) is 0 Å². The Bertz CT molecular complexity index is 243. The third-order valence-electron chi connectivity index (χ3n) is 3.27. The van der Waals surface area contributed by atoms with Crippen LogP contribution in [-0.2, 0) is 4.79 Å². The van der Waals surface area contributed by atoms with E-state index in [2.05, 4.69) is 29.4 Å². The first kappa shape index (κ1) is 14.5. The molecule has 0 aliphatic carbocycles. The van der Waals surface area contributed by atoms with Crippen molar-refractivity contribution in [1.29, 1.82) is 0 Å². The van der Waals surface area contributed by atoms with Gasteiger partial charge in [-0.15, -0.1) is 0 Å². The molecule has 1 aliphatic heterocycles. The summed E-state index contributed by atoms with van der Waals surface area (Å²) in [4.78, 5) is 13.9. The summed E-state index contributed by atoms with van der Waals surface area (Å²) in [5, 5.41) is 6.46. The highest BCUT2D eigenvalue weighted by Crippen LogP contribution is 2.16. The molecule has 0 spiro atoms. The van der Waals surface area contributed by atoms with Crippen LogP contribution in [0, 0.1) is 5.92 Å². The van der Waals surface area contributed by atoms with Crippen molar-refractivity contribution in [3.63, 3.8) is 0 Å². The molecule has 0 saturated carbocycles. The Morgan fingerprint density at radius 3 is 2.71 bits per heavy atom. The minimum atomic E-state index is 0.147. The molecule has 1 aliphatic rings. The monoisotopic (exact) mass is 241 g/mol. The molecule has 0 radical (unpaired) electrons. The lowest BCUT2D eigenvalue weighted by Gasteiger charge is -2.37. The number of hydrogen-bond acceptors (Lipinski definition) is 3. The van der Waals surface area contributed by atoms with E-state index in [1.807, 2.05) is 13.8 Å². The molecule has 2 unspecified atom stereocenters. The lowest BCUT2D eigenvalue weighted by atomic mass is 9.94. The van der Waals surface area contributed by atoms with Gasteiger partial charge in [-0.05, 0) is 32.7 Å². The minimum absolute atomic E-state index is 0.147. The Labute approximate surface area is 105 Å². The lowest BCUT2D eigenvalue weighted by molar-refractivity contribution is -0.123. The predicted octanol–water partition coefficient (Wildman–Crippen LogP) is 0.831. The second kappa shape index (κ2) is 6.97. The van der Waals surface area contributed by atoms with Crippen molar-refractivity contribution in [1.82, 2.24) is 15.5 Å². The summed E-state index contributed by atoms with van der Waals surface area (Å²) < 4.78 is 0. The number of amides is 1. The van der Waals surface area contributed by atoms with Crippen LogP contribution in [0.15, 0.2) is 0 Å². The lowest BCUT2D eigenvalue weighted by Crippen LogP contribution is -2.51. The molecule has 0 aromatic rings. The van der Waals surface area contributed by atoms with Gasteiger partial charge in [0.25, 0.3) is 0 Å². The maximum Gasteiger partial charge on any atom is 0.234 e. The number of carbonyl (C=O) groups excluding carboxylic acids is 1. The van der Waals surface area contributed by atoms with Crippen LogP contribution in [0.5, 0.6) is 0 Å². The van der Waals surface area contributed by atoms with E-state index in [9.17, 15) is 4.79 Å². The zero-order valence-corrected chi connectivity index (χ0v) is 11.6. The predicted molar refractivity (Wildman–Crippen MR) is 71.0 cm³/mol. The quantitative estimate of drug-likeness (QED) is 0.749. The molecule has 0 aromatic carbocycles. The van der Waals surface area contributed by atoms with Crippen molar-refractivity contribution in [2.24, 2.45) is 5.92 Å².